The Morgan fingerprint density at radius 2 is 1.87 bits per heavy atom. The fourth-order valence-corrected chi connectivity index (χ4v) is 1.58. The van der Waals surface area contributed by atoms with Crippen LogP contribution in [0.3, 0.4) is 0 Å². The summed E-state index contributed by atoms with van der Waals surface area (Å²) in [6.45, 7) is 6.53. The van der Waals surface area contributed by atoms with Crippen molar-refractivity contribution in [2.45, 2.75) is 26.2 Å². The smallest absolute Gasteiger partial charge is 0.143 e. The van der Waals surface area contributed by atoms with Crippen molar-refractivity contribution in [1.29, 1.82) is 0 Å². The molecule has 2 aromatic rings. The maximum Gasteiger partial charge on any atom is 0.143 e. The molecule has 4 heteroatoms. The number of aromatic nitrogens is 4. The molecule has 15 heavy (non-hydrogen) atoms. The van der Waals surface area contributed by atoms with E-state index in [-0.39, 0.29) is 5.41 Å². The minimum atomic E-state index is 0.0859. The number of tetrazole rings is 1. The van der Waals surface area contributed by atoms with Gasteiger partial charge >= 0.3 is 0 Å². The molecule has 0 fully saturated rings. The SMILES string of the molecule is CC(C)(C)c1ccccc1-n1cnnn1. The van der Waals surface area contributed by atoms with Crippen LogP contribution >= 0.6 is 0 Å². The summed E-state index contributed by atoms with van der Waals surface area (Å²) in [4.78, 5) is 0. The molecule has 0 atom stereocenters. The Balaban J connectivity index is 2.58. The van der Waals surface area contributed by atoms with Gasteiger partial charge in [-0.1, -0.05) is 39.0 Å². The first-order valence-corrected chi connectivity index (χ1v) is 4.92. The van der Waals surface area contributed by atoms with Crippen molar-refractivity contribution >= 4 is 0 Å². The van der Waals surface area contributed by atoms with Gasteiger partial charge in [-0.15, -0.1) is 5.10 Å². The molecule has 0 unspecified atom stereocenters. The van der Waals surface area contributed by atoms with Crippen LogP contribution in [0.25, 0.3) is 5.69 Å². The van der Waals surface area contributed by atoms with Gasteiger partial charge in [0.2, 0.25) is 0 Å². The van der Waals surface area contributed by atoms with Crippen molar-refractivity contribution in [3.05, 3.63) is 36.2 Å². The molecule has 2 rings (SSSR count). The van der Waals surface area contributed by atoms with Gasteiger partial charge in [0.1, 0.15) is 6.33 Å². The molecular weight excluding hydrogens is 188 g/mol. The largest absolute Gasteiger partial charge is 0.200 e. The van der Waals surface area contributed by atoms with E-state index in [2.05, 4.69) is 42.4 Å². The molecule has 1 aromatic heterocycles. The predicted molar refractivity (Wildman–Crippen MR) is 57.9 cm³/mol. The van der Waals surface area contributed by atoms with E-state index in [0.29, 0.717) is 0 Å². The van der Waals surface area contributed by atoms with Crippen LogP contribution in [-0.4, -0.2) is 20.2 Å². The topological polar surface area (TPSA) is 43.6 Å². The fourth-order valence-electron chi connectivity index (χ4n) is 1.58. The molecule has 1 heterocycles. The molecule has 78 valence electrons. The van der Waals surface area contributed by atoms with Crippen LogP contribution in [0, 0.1) is 0 Å². The minimum absolute atomic E-state index is 0.0859. The second-order valence-electron chi connectivity index (χ2n) is 4.52. The molecule has 0 spiro atoms. The van der Waals surface area contributed by atoms with E-state index in [1.807, 2.05) is 18.2 Å². The number of rotatable bonds is 1. The molecule has 0 bridgehead atoms. The van der Waals surface area contributed by atoms with Crippen LogP contribution in [-0.2, 0) is 5.41 Å². The first kappa shape index (κ1) is 9.83. The van der Waals surface area contributed by atoms with Crippen LogP contribution in [0.5, 0.6) is 0 Å². The third kappa shape index (κ3) is 1.88. The van der Waals surface area contributed by atoms with Gasteiger partial charge in [-0.2, -0.15) is 0 Å². The van der Waals surface area contributed by atoms with Gasteiger partial charge in [0, 0.05) is 0 Å². The minimum Gasteiger partial charge on any atom is -0.200 e. The molecule has 0 aliphatic heterocycles. The summed E-state index contributed by atoms with van der Waals surface area (Å²) in [5.41, 5.74) is 2.36. The van der Waals surface area contributed by atoms with E-state index in [1.165, 1.54) is 5.56 Å². The second-order valence-corrected chi connectivity index (χ2v) is 4.52. The van der Waals surface area contributed by atoms with E-state index in [0.717, 1.165) is 5.69 Å². The lowest BCUT2D eigenvalue weighted by Crippen LogP contribution is -2.15. The molecule has 0 radical (unpaired) electrons. The van der Waals surface area contributed by atoms with Gasteiger partial charge in [0.25, 0.3) is 0 Å². The molecule has 0 N–H and O–H groups in total. The molecular formula is C11H14N4. The highest BCUT2D eigenvalue weighted by Crippen LogP contribution is 2.27. The van der Waals surface area contributed by atoms with Crippen molar-refractivity contribution in [3.8, 4) is 5.69 Å². The normalized spacial score (nSPS) is 11.7. The first-order chi connectivity index (χ1) is 7.09. The summed E-state index contributed by atoms with van der Waals surface area (Å²) in [5, 5.41) is 11.2. The molecule has 1 aromatic carbocycles. The van der Waals surface area contributed by atoms with E-state index in [1.54, 1.807) is 11.0 Å². The van der Waals surface area contributed by atoms with Crippen LogP contribution in [0.1, 0.15) is 26.3 Å². The molecule has 0 aliphatic rings. The van der Waals surface area contributed by atoms with Crippen LogP contribution < -0.4 is 0 Å². The maximum atomic E-state index is 3.92. The van der Waals surface area contributed by atoms with Crippen molar-refractivity contribution in [3.63, 3.8) is 0 Å². The molecule has 0 aliphatic carbocycles. The van der Waals surface area contributed by atoms with Crippen molar-refractivity contribution in [1.82, 2.24) is 20.2 Å². The maximum absolute atomic E-state index is 3.92. The second kappa shape index (κ2) is 3.46. The van der Waals surface area contributed by atoms with Gasteiger partial charge in [-0.25, -0.2) is 4.68 Å². The Kier molecular flexibility index (Phi) is 2.26. The van der Waals surface area contributed by atoms with Crippen LogP contribution in [0.4, 0.5) is 0 Å². The van der Waals surface area contributed by atoms with E-state index in [4.69, 9.17) is 0 Å². The summed E-state index contributed by atoms with van der Waals surface area (Å²) < 4.78 is 1.70. The highest BCUT2D eigenvalue weighted by molar-refractivity contribution is 5.43. The summed E-state index contributed by atoms with van der Waals surface area (Å²) in [5.74, 6) is 0. The Morgan fingerprint density at radius 3 is 2.47 bits per heavy atom. The monoisotopic (exact) mass is 202 g/mol. The third-order valence-electron chi connectivity index (χ3n) is 2.31. The lowest BCUT2D eigenvalue weighted by molar-refractivity contribution is 0.582. The number of nitrogens with zero attached hydrogens (tertiary/aromatic N) is 4. The Morgan fingerprint density at radius 1 is 1.13 bits per heavy atom. The number of hydrogen-bond acceptors (Lipinski definition) is 3. The highest BCUT2D eigenvalue weighted by Gasteiger charge is 2.18. The van der Waals surface area contributed by atoms with Crippen molar-refractivity contribution < 1.29 is 0 Å². The Bertz CT molecular complexity index is 440. The summed E-state index contributed by atoms with van der Waals surface area (Å²) in [6.07, 6.45) is 1.62. The highest BCUT2D eigenvalue weighted by atomic mass is 15.5. The quantitative estimate of drug-likeness (QED) is 0.710. The van der Waals surface area contributed by atoms with Gasteiger partial charge in [-0.05, 0) is 27.5 Å². The van der Waals surface area contributed by atoms with E-state index in [9.17, 15) is 0 Å². The summed E-state index contributed by atoms with van der Waals surface area (Å²) in [6, 6.07) is 8.16. The van der Waals surface area contributed by atoms with Crippen LogP contribution in [0.2, 0.25) is 0 Å². The average Bonchev–Trinajstić information content (AvgIpc) is 2.69. The number of para-hydroxylation sites is 1. The molecule has 0 saturated carbocycles. The molecule has 4 nitrogen and oxygen atoms in total. The van der Waals surface area contributed by atoms with Gasteiger partial charge in [-0.3, -0.25) is 0 Å². The van der Waals surface area contributed by atoms with E-state index >= 15 is 0 Å². The van der Waals surface area contributed by atoms with Gasteiger partial charge < -0.3 is 0 Å². The van der Waals surface area contributed by atoms with Crippen LogP contribution in [0.15, 0.2) is 30.6 Å². The molecule has 0 amide bonds. The zero-order chi connectivity index (χ0) is 10.9. The van der Waals surface area contributed by atoms with Crippen molar-refractivity contribution in [2.24, 2.45) is 0 Å². The number of benzene rings is 1. The van der Waals surface area contributed by atoms with Gasteiger partial charge in [0.15, 0.2) is 0 Å². The lowest BCUT2D eigenvalue weighted by Gasteiger charge is -2.21. The molecule has 0 saturated heterocycles. The van der Waals surface area contributed by atoms with Gasteiger partial charge in [0.05, 0.1) is 5.69 Å². The van der Waals surface area contributed by atoms with Crippen molar-refractivity contribution in [2.75, 3.05) is 0 Å². The Hall–Kier alpha value is -1.71. The number of hydrogen-bond donors (Lipinski definition) is 0. The summed E-state index contributed by atoms with van der Waals surface area (Å²) in [7, 11) is 0. The zero-order valence-corrected chi connectivity index (χ0v) is 9.18. The summed E-state index contributed by atoms with van der Waals surface area (Å²) >= 11 is 0. The fraction of sp³-hybridized carbons (Fsp3) is 0.364. The predicted octanol–water partition coefficient (Wildman–Crippen LogP) is 1.96. The lowest BCUT2D eigenvalue weighted by atomic mass is 9.86. The zero-order valence-electron chi connectivity index (χ0n) is 9.18. The van der Waals surface area contributed by atoms with E-state index < -0.39 is 0 Å². The Labute approximate surface area is 88.9 Å². The average molecular weight is 202 g/mol. The third-order valence-corrected chi connectivity index (χ3v) is 2.31. The first-order valence-electron chi connectivity index (χ1n) is 4.92. The standard InChI is InChI=1S/C11H14N4/c1-11(2,3)9-6-4-5-7-10(9)15-8-12-13-14-15/h4-8H,1-3H3.